The van der Waals surface area contributed by atoms with Crippen molar-refractivity contribution in [2.45, 2.75) is 0 Å². The van der Waals surface area contributed by atoms with Crippen LogP contribution in [0.4, 0.5) is 30.2 Å². The molecule has 0 bridgehead atoms. The first kappa shape index (κ1) is 27.1. The lowest BCUT2D eigenvalue weighted by Gasteiger charge is -2.26. The molecular weight excluding hydrogens is 555 g/mol. The Morgan fingerprint density at radius 1 is 0.455 bits per heavy atom. The van der Waals surface area contributed by atoms with E-state index in [4.69, 9.17) is 9.97 Å². The molecule has 0 unspecified atom stereocenters. The summed E-state index contributed by atoms with van der Waals surface area (Å²) in [5.74, 6) is -1.10. The molecule has 0 saturated heterocycles. The predicted octanol–water partition coefficient (Wildman–Crippen LogP) is 10.5. The zero-order valence-electron chi connectivity index (χ0n) is 23.3. The van der Waals surface area contributed by atoms with Crippen LogP contribution in [0.25, 0.3) is 44.7 Å². The standard InChI is InChI=1S/C38H24F3N3/c39-28-17-19-29(20-18-28)44(30-14-7-13-27(23-30)36-33(40)15-8-16-34(36)41)31-21-22-32-35(24-31)42-38(26-11-5-2-6-12-26)43-37(32)25-9-3-1-4-10-25/h1-24H. The van der Waals surface area contributed by atoms with Gasteiger partial charge in [-0.2, -0.15) is 0 Å². The minimum atomic E-state index is -0.653. The van der Waals surface area contributed by atoms with Crippen LogP contribution < -0.4 is 4.90 Å². The van der Waals surface area contributed by atoms with Gasteiger partial charge >= 0.3 is 0 Å². The highest BCUT2D eigenvalue weighted by molar-refractivity contribution is 5.96. The van der Waals surface area contributed by atoms with Gasteiger partial charge in [-0.1, -0.05) is 78.9 Å². The van der Waals surface area contributed by atoms with Crippen molar-refractivity contribution in [2.24, 2.45) is 0 Å². The Balaban J connectivity index is 1.44. The second-order valence-electron chi connectivity index (χ2n) is 10.3. The quantitative estimate of drug-likeness (QED) is 0.196. The molecule has 0 aliphatic carbocycles. The van der Waals surface area contributed by atoms with Crippen LogP contribution in [-0.4, -0.2) is 9.97 Å². The maximum absolute atomic E-state index is 14.8. The molecule has 6 aromatic carbocycles. The molecule has 3 nitrogen and oxygen atoms in total. The van der Waals surface area contributed by atoms with Crippen molar-refractivity contribution in [2.75, 3.05) is 4.90 Å². The van der Waals surface area contributed by atoms with Gasteiger partial charge < -0.3 is 4.90 Å². The van der Waals surface area contributed by atoms with Crippen LogP contribution in [-0.2, 0) is 0 Å². The Bertz CT molecular complexity index is 2080. The molecule has 0 N–H and O–H groups in total. The Kier molecular flexibility index (Phi) is 7.08. The summed E-state index contributed by atoms with van der Waals surface area (Å²) in [5, 5.41) is 0.862. The smallest absolute Gasteiger partial charge is 0.160 e. The lowest BCUT2D eigenvalue weighted by molar-refractivity contribution is 0.589. The summed E-state index contributed by atoms with van der Waals surface area (Å²) in [7, 11) is 0. The molecule has 0 radical (unpaired) electrons. The number of aromatic nitrogens is 2. The number of hydrogen-bond acceptors (Lipinski definition) is 3. The number of anilines is 3. The number of hydrogen-bond donors (Lipinski definition) is 0. The highest BCUT2D eigenvalue weighted by Gasteiger charge is 2.19. The SMILES string of the molecule is Fc1ccc(N(c2cccc(-c3c(F)cccc3F)c2)c2ccc3c(-c4ccccc4)nc(-c4ccccc4)nc3c2)cc1. The predicted molar refractivity (Wildman–Crippen MR) is 170 cm³/mol. The summed E-state index contributed by atoms with van der Waals surface area (Å²) in [6, 6.07) is 42.5. The van der Waals surface area contributed by atoms with E-state index in [2.05, 4.69) is 0 Å². The first-order chi connectivity index (χ1) is 21.5. The Morgan fingerprint density at radius 2 is 1.05 bits per heavy atom. The lowest BCUT2D eigenvalue weighted by atomic mass is 10.0. The van der Waals surface area contributed by atoms with Crippen LogP contribution in [0.2, 0.25) is 0 Å². The minimum absolute atomic E-state index is 0.111. The van der Waals surface area contributed by atoms with Crippen LogP contribution in [0, 0.1) is 17.5 Å². The van der Waals surface area contributed by atoms with Gasteiger partial charge in [0, 0.05) is 33.6 Å². The molecular formula is C38H24F3N3. The number of nitrogens with zero attached hydrogens (tertiary/aromatic N) is 3. The van der Waals surface area contributed by atoms with Gasteiger partial charge in [0.05, 0.1) is 16.8 Å². The molecule has 6 heteroatoms. The fraction of sp³-hybridized carbons (Fsp3) is 0. The molecule has 0 spiro atoms. The zero-order chi connectivity index (χ0) is 30.0. The largest absolute Gasteiger partial charge is 0.310 e. The van der Waals surface area contributed by atoms with Crippen molar-refractivity contribution >= 4 is 28.0 Å². The number of halogens is 3. The summed E-state index contributed by atoms with van der Waals surface area (Å²) in [6.07, 6.45) is 0. The molecule has 7 rings (SSSR count). The van der Waals surface area contributed by atoms with Crippen LogP contribution in [0.5, 0.6) is 0 Å². The van der Waals surface area contributed by atoms with Gasteiger partial charge in [-0.3, -0.25) is 0 Å². The maximum Gasteiger partial charge on any atom is 0.160 e. The van der Waals surface area contributed by atoms with Gasteiger partial charge in [-0.15, -0.1) is 0 Å². The van der Waals surface area contributed by atoms with Crippen LogP contribution in [0.1, 0.15) is 0 Å². The third kappa shape index (κ3) is 5.18. The summed E-state index contributed by atoms with van der Waals surface area (Å²) in [6.45, 7) is 0. The van der Waals surface area contributed by atoms with E-state index < -0.39 is 11.6 Å². The third-order valence-corrected chi connectivity index (χ3v) is 7.46. The molecule has 0 amide bonds. The van der Waals surface area contributed by atoms with E-state index >= 15 is 0 Å². The summed E-state index contributed by atoms with van der Waals surface area (Å²) in [5.41, 5.74) is 5.64. The second kappa shape index (κ2) is 11.5. The number of benzene rings is 6. The molecule has 0 aliphatic heterocycles. The third-order valence-electron chi connectivity index (χ3n) is 7.46. The maximum atomic E-state index is 14.8. The highest BCUT2D eigenvalue weighted by Crippen LogP contribution is 2.39. The molecule has 0 atom stereocenters. The van der Waals surface area contributed by atoms with Crippen LogP contribution in [0.3, 0.4) is 0 Å². The topological polar surface area (TPSA) is 29.0 Å². The first-order valence-corrected chi connectivity index (χ1v) is 14.1. The van der Waals surface area contributed by atoms with Gasteiger partial charge in [-0.05, 0) is 72.3 Å². The molecule has 44 heavy (non-hydrogen) atoms. The molecule has 0 saturated carbocycles. The van der Waals surface area contributed by atoms with E-state index in [0.29, 0.717) is 28.3 Å². The van der Waals surface area contributed by atoms with E-state index in [1.807, 2.05) is 89.8 Å². The van der Waals surface area contributed by atoms with Gasteiger partial charge in [-0.25, -0.2) is 23.1 Å². The highest BCUT2D eigenvalue weighted by atomic mass is 19.1. The lowest BCUT2D eigenvalue weighted by Crippen LogP contribution is -2.10. The molecule has 1 heterocycles. The first-order valence-electron chi connectivity index (χ1n) is 14.1. The van der Waals surface area contributed by atoms with Crippen LogP contribution >= 0.6 is 0 Å². The summed E-state index contributed by atoms with van der Waals surface area (Å²) < 4.78 is 43.6. The van der Waals surface area contributed by atoms with Gasteiger partial charge in [0.15, 0.2) is 5.82 Å². The molecule has 0 fully saturated rings. The van der Waals surface area contributed by atoms with Crippen molar-refractivity contribution in [1.82, 2.24) is 9.97 Å². The zero-order valence-corrected chi connectivity index (χ0v) is 23.3. The van der Waals surface area contributed by atoms with Crippen LogP contribution in [0.15, 0.2) is 146 Å². The van der Waals surface area contributed by atoms with Gasteiger partial charge in [0.25, 0.3) is 0 Å². The molecule has 212 valence electrons. The Labute approximate surface area is 252 Å². The minimum Gasteiger partial charge on any atom is -0.310 e. The summed E-state index contributed by atoms with van der Waals surface area (Å²) in [4.78, 5) is 11.8. The van der Waals surface area contributed by atoms with Crippen molar-refractivity contribution in [3.05, 3.63) is 163 Å². The van der Waals surface area contributed by atoms with E-state index in [0.717, 1.165) is 27.9 Å². The number of fused-ring (bicyclic) bond motifs is 1. The van der Waals surface area contributed by atoms with Gasteiger partial charge in [0.1, 0.15) is 17.5 Å². The monoisotopic (exact) mass is 579 g/mol. The van der Waals surface area contributed by atoms with Gasteiger partial charge in [0.2, 0.25) is 0 Å². The van der Waals surface area contributed by atoms with E-state index in [-0.39, 0.29) is 11.4 Å². The average molecular weight is 580 g/mol. The normalized spacial score (nSPS) is 11.1. The van der Waals surface area contributed by atoms with Crippen molar-refractivity contribution in [1.29, 1.82) is 0 Å². The Hall–Kier alpha value is -5.75. The summed E-state index contributed by atoms with van der Waals surface area (Å²) >= 11 is 0. The average Bonchev–Trinajstić information content (AvgIpc) is 3.06. The molecule has 0 aliphatic rings. The fourth-order valence-electron chi connectivity index (χ4n) is 5.40. The van der Waals surface area contributed by atoms with E-state index in [9.17, 15) is 13.2 Å². The number of rotatable bonds is 6. The molecule has 7 aromatic rings. The van der Waals surface area contributed by atoms with E-state index in [1.165, 1.54) is 30.3 Å². The molecule has 1 aromatic heterocycles. The second-order valence-corrected chi connectivity index (χ2v) is 10.3. The fourth-order valence-corrected chi connectivity index (χ4v) is 5.40. The van der Waals surface area contributed by atoms with Crippen molar-refractivity contribution < 1.29 is 13.2 Å². The van der Waals surface area contributed by atoms with Crippen molar-refractivity contribution in [3.63, 3.8) is 0 Å². The van der Waals surface area contributed by atoms with Crippen molar-refractivity contribution in [3.8, 4) is 33.8 Å². The van der Waals surface area contributed by atoms with E-state index in [1.54, 1.807) is 30.3 Å². The Morgan fingerprint density at radius 3 is 1.75 bits per heavy atom.